The molecule has 5 rings (SSSR count). The molecule has 4 aromatic rings. The molecule has 1 aliphatic rings. The van der Waals surface area contributed by atoms with Crippen LogP contribution in [-0.4, -0.2) is 50.8 Å². The highest BCUT2D eigenvalue weighted by atomic mass is 35.5. The van der Waals surface area contributed by atoms with Crippen LogP contribution in [0.5, 0.6) is 0 Å². The Kier molecular flexibility index (Phi) is 10.0. The molecule has 232 valence electrons. The van der Waals surface area contributed by atoms with Crippen LogP contribution < -0.4 is 16.3 Å². The van der Waals surface area contributed by atoms with E-state index in [-0.39, 0.29) is 47.7 Å². The Bertz CT molecular complexity index is 1660. The number of nitrogens with one attached hydrogen (secondary N) is 2. The number of benzene rings is 2. The molecular formula is C30H31ClF2N6O5. The Balaban J connectivity index is 1.49. The lowest BCUT2D eigenvalue weighted by Crippen LogP contribution is -2.39. The third-order valence-electron chi connectivity index (χ3n) is 6.83. The second kappa shape index (κ2) is 14.1. The normalized spacial score (nSPS) is 14.4. The first-order valence-electron chi connectivity index (χ1n) is 14.0. The number of pyridine rings is 1. The van der Waals surface area contributed by atoms with Gasteiger partial charge in [0.1, 0.15) is 18.2 Å². The van der Waals surface area contributed by atoms with Gasteiger partial charge < -0.3 is 24.8 Å². The van der Waals surface area contributed by atoms with Gasteiger partial charge in [-0.25, -0.2) is 18.6 Å². The summed E-state index contributed by atoms with van der Waals surface area (Å²) in [5.74, 6) is -2.99. The summed E-state index contributed by atoms with van der Waals surface area (Å²) in [6.45, 7) is 4.93. The van der Waals surface area contributed by atoms with E-state index in [1.165, 1.54) is 16.7 Å². The van der Waals surface area contributed by atoms with Crippen LogP contribution in [0.4, 0.5) is 20.3 Å². The summed E-state index contributed by atoms with van der Waals surface area (Å²) in [6, 6.07) is 13.7. The van der Waals surface area contributed by atoms with Gasteiger partial charge in [0, 0.05) is 6.54 Å². The van der Waals surface area contributed by atoms with Crippen molar-refractivity contribution >= 4 is 29.0 Å². The van der Waals surface area contributed by atoms with E-state index in [0.29, 0.717) is 13.2 Å². The van der Waals surface area contributed by atoms with Gasteiger partial charge in [0.25, 0.3) is 5.91 Å². The minimum absolute atomic E-state index is 0.0189. The molecule has 0 radical (unpaired) electrons. The van der Waals surface area contributed by atoms with Crippen molar-refractivity contribution in [3.05, 3.63) is 98.7 Å². The molecule has 1 fully saturated rings. The Morgan fingerprint density at radius 3 is 2.57 bits per heavy atom. The highest BCUT2D eigenvalue weighted by molar-refractivity contribution is 6.34. The van der Waals surface area contributed by atoms with Crippen molar-refractivity contribution in [2.24, 2.45) is 0 Å². The number of rotatable bonds is 11. The van der Waals surface area contributed by atoms with E-state index in [1.54, 1.807) is 13.8 Å². The van der Waals surface area contributed by atoms with Gasteiger partial charge in [0.15, 0.2) is 23.7 Å². The molecule has 1 atom stereocenters. The van der Waals surface area contributed by atoms with Crippen LogP contribution in [-0.2, 0) is 34.0 Å². The molecule has 2 aromatic carbocycles. The highest BCUT2D eigenvalue weighted by Gasteiger charge is 2.27. The summed E-state index contributed by atoms with van der Waals surface area (Å²) >= 11 is 6.09. The molecule has 2 N–H and O–H groups in total. The van der Waals surface area contributed by atoms with E-state index >= 15 is 4.39 Å². The minimum atomic E-state index is -1.02. The van der Waals surface area contributed by atoms with Crippen LogP contribution in [0.25, 0.3) is 5.82 Å². The largest absolute Gasteiger partial charge is 0.369 e. The second-order valence-electron chi connectivity index (χ2n) is 9.97. The van der Waals surface area contributed by atoms with E-state index < -0.39 is 41.4 Å². The quantitative estimate of drug-likeness (QED) is 0.240. The Hall–Kier alpha value is -4.17. The zero-order valence-electron chi connectivity index (χ0n) is 24.1. The number of halogens is 3. The lowest BCUT2D eigenvalue weighted by molar-refractivity contribution is -0.183. The van der Waals surface area contributed by atoms with Crippen LogP contribution in [0.3, 0.4) is 0 Å². The smallest absolute Gasteiger partial charge is 0.352 e. The Morgan fingerprint density at radius 2 is 1.86 bits per heavy atom. The zero-order chi connectivity index (χ0) is 31.2. The maximum Gasteiger partial charge on any atom is 0.352 e. The first-order chi connectivity index (χ1) is 21.3. The summed E-state index contributed by atoms with van der Waals surface area (Å²) < 4.78 is 49.4. The molecule has 0 aliphatic carbocycles. The predicted molar refractivity (Wildman–Crippen MR) is 159 cm³/mol. The van der Waals surface area contributed by atoms with Gasteiger partial charge in [0.2, 0.25) is 0 Å². The highest BCUT2D eigenvalue weighted by Crippen LogP contribution is 2.28. The van der Waals surface area contributed by atoms with Crippen molar-refractivity contribution in [1.29, 1.82) is 0 Å². The monoisotopic (exact) mass is 628 g/mol. The number of carbonyl (C=O) groups is 1. The first kappa shape index (κ1) is 31.3. The molecular weight excluding hydrogens is 598 g/mol. The van der Waals surface area contributed by atoms with Gasteiger partial charge in [-0.15, -0.1) is 5.10 Å². The predicted octanol–water partition coefficient (Wildman–Crippen LogP) is 4.91. The Morgan fingerprint density at radius 1 is 1.11 bits per heavy atom. The standard InChI is InChI=1S/C30H31ClF2N6O5/c1-3-38-24(17-42-16-19-9-5-4-6-10-19)37-39(30(38)41)27-23(33)15-20(28(40)35-25-21(31)11-7-12-22(25)32)26(36-27)34-18(2)29-43-13-8-14-44-29/h4-7,9-12,15,18,29H,3,8,13-14,16-17H2,1-2H3,(H,34,36)(H,35,40)/t18-/m0/s1. The lowest BCUT2D eigenvalue weighted by atomic mass is 10.2. The molecule has 1 saturated heterocycles. The number of hydrogen-bond donors (Lipinski definition) is 2. The van der Waals surface area contributed by atoms with Gasteiger partial charge >= 0.3 is 5.69 Å². The fourth-order valence-electron chi connectivity index (χ4n) is 4.62. The van der Waals surface area contributed by atoms with Gasteiger partial charge in [0.05, 0.1) is 42.1 Å². The average Bonchev–Trinajstić information content (AvgIpc) is 3.34. The summed E-state index contributed by atoms with van der Waals surface area (Å²) in [6.07, 6.45) is 0.0333. The molecule has 1 amide bonds. The first-order valence-corrected chi connectivity index (χ1v) is 14.4. The van der Waals surface area contributed by atoms with Gasteiger partial charge in [-0.3, -0.25) is 9.36 Å². The lowest BCUT2D eigenvalue weighted by Gasteiger charge is -2.29. The molecule has 14 heteroatoms. The summed E-state index contributed by atoms with van der Waals surface area (Å²) in [4.78, 5) is 31.0. The maximum atomic E-state index is 15.7. The van der Waals surface area contributed by atoms with E-state index in [2.05, 4.69) is 20.7 Å². The van der Waals surface area contributed by atoms with E-state index in [4.69, 9.17) is 25.8 Å². The molecule has 0 spiro atoms. The molecule has 0 saturated carbocycles. The molecule has 0 unspecified atom stereocenters. The van der Waals surface area contributed by atoms with E-state index in [9.17, 15) is 14.0 Å². The number of anilines is 2. The number of amides is 1. The molecule has 11 nitrogen and oxygen atoms in total. The van der Waals surface area contributed by atoms with E-state index in [1.807, 2.05) is 30.3 Å². The number of hydrogen-bond acceptors (Lipinski definition) is 8. The SMILES string of the molecule is CCn1c(COCc2ccccc2)nn(-c2nc(N[C@@H](C)C3OCCCO3)c(C(=O)Nc3c(F)cccc3Cl)cc2F)c1=O. The average molecular weight is 629 g/mol. The third kappa shape index (κ3) is 6.97. The fraction of sp³-hybridized carbons (Fsp3) is 0.333. The van der Waals surface area contributed by atoms with Crippen LogP contribution >= 0.6 is 11.6 Å². The number of ether oxygens (including phenoxy) is 3. The second-order valence-corrected chi connectivity index (χ2v) is 10.4. The van der Waals surface area contributed by atoms with Crippen molar-refractivity contribution in [1.82, 2.24) is 19.3 Å². The maximum absolute atomic E-state index is 15.7. The number of nitrogens with zero attached hydrogens (tertiary/aromatic N) is 4. The van der Waals surface area contributed by atoms with Crippen LogP contribution in [0.15, 0.2) is 59.4 Å². The molecule has 44 heavy (non-hydrogen) atoms. The Labute approximate surface area is 256 Å². The molecule has 3 heterocycles. The van der Waals surface area contributed by atoms with Crippen LogP contribution in [0.2, 0.25) is 5.02 Å². The summed E-state index contributed by atoms with van der Waals surface area (Å²) in [5.41, 5.74) is -0.265. The minimum Gasteiger partial charge on any atom is -0.369 e. The van der Waals surface area contributed by atoms with E-state index in [0.717, 1.165) is 28.8 Å². The van der Waals surface area contributed by atoms with Gasteiger partial charge in [-0.1, -0.05) is 48.0 Å². The number of aromatic nitrogens is 4. The molecule has 1 aliphatic heterocycles. The van der Waals surface area contributed by atoms with Gasteiger partial charge in [-0.05, 0) is 44.0 Å². The molecule has 2 aromatic heterocycles. The fourth-order valence-corrected chi connectivity index (χ4v) is 4.83. The van der Waals surface area contributed by atoms with Crippen molar-refractivity contribution in [3.8, 4) is 5.82 Å². The van der Waals surface area contributed by atoms with Crippen molar-refractivity contribution in [2.75, 3.05) is 23.8 Å². The van der Waals surface area contributed by atoms with Crippen LogP contribution in [0, 0.1) is 11.6 Å². The number of para-hydroxylation sites is 1. The number of carbonyl (C=O) groups excluding carboxylic acids is 1. The summed E-state index contributed by atoms with van der Waals surface area (Å²) in [5, 5.41) is 9.68. The zero-order valence-corrected chi connectivity index (χ0v) is 24.8. The van der Waals surface area contributed by atoms with Gasteiger partial charge in [-0.2, -0.15) is 4.68 Å². The van der Waals surface area contributed by atoms with Crippen molar-refractivity contribution in [2.45, 2.75) is 52.4 Å². The van der Waals surface area contributed by atoms with Crippen LogP contribution in [0.1, 0.15) is 42.0 Å². The molecule has 0 bridgehead atoms. The van der Waals surface area contributed by atoms with Crippen molar-refractivity contribution in [3.63, 3.8) is 0 Å². The third-order valence-corrected chi connectivity index (χ3v) is 7.14. The summed E-state index contributed by atoms with van der Waals surface area (Å²) in [7, 11) is 0. The van der Waals surface area contributed by atoms with Crippen molar-refractivity contribution < 1.29 is 27.8 Å². The topological polar surface area (TPSA) is 122 Å².